The number of ether oxygens (including phenoxy) is 1. The van der Waals surface area contributed by atoms with Gasteiger partial charge in [-0.15, -0.1) is 0 Å². The molecule has 24 heavy (non-hydrogen) atoms. The fourth-order valence-corrected chi connectivity index (χ4v) is 2.44. The number of aryl methyl sites for hydroxylation is 2. The van der Waals surface area contributed by atoms with Gasteiger partial charge in [0.25, 0.3) is 0 Å². The molecule has 3 N–H and O–H groups in total. The number of hydrogen-bond donors (Lipinski definition) is 2. The van der Waals surface area contributed by atoms with Gasteiger partial charge in [-0.25, -0.2) is 0 Å². The molecule has 0 atom stereocenters. The van der Waals surface area contributed by atoms with Gasteiger partial charge in [-0.05, 0) is 73.9 Å². The number of nitrogen functional groups attached to an aromatic ring is 1. The molecule has 0 aromatic heterocycles. The lowest BCUT2D eigenvalue weighted by molar-refractivity contribution is 0.104. The average molecular weight is 325 g/mol. The average Bonchev–Trinajstić information content (AvgIpc) is 2.56. The molecular formula is C20H23NO3. The zero-order chi connectivity index (χ0) is 17.7. The van der Waals surface area contributed by atoms with E-state index in [0.29, 0.717) is 29.2 Å². The van der Waals surface area contributed by atoms with Gasteiger partial charge in [-0.3, -0.25) is 4.79 Å². The van der Waals surface area contributed by atoms with E-state index in [4.69, 9.17) is 10.5 Å². The smallest absolute Gasteiger partial charge is 0.185 e. The van der Waals surface area contributed by atoms with Crippen LogP contribution in [0.2, 0.25) is 0 Å². The number of carbonyl (C=O) groups is 1. The van der Waals surface area contributed by atoms with E-state index in [0.717, 1.165) is 17.5 Å². The molecular weight excluding hydrogens is 302 g/mol. The van der Waals surface area contributed by atoms with Crippen LogP contribution in [0, 0.1) is 13.8 Å². The van der Waals surface area contributed by atoms with Crippen LogP contribution in [0.1, 0.15) is 40.4 Å². The molecule has 126 valence electrons. The van der Waals surface area contributed by atoms with Crippen LogP contribution in [0.4, 0.5) is 5.69 Å². The van der Waals surface area contributed by atoms with Crippen LogP contribution in [-0.2, 0) is 0 Å². The highest BCUT2D eigenvalue weighted by molar-refractivity contribution is 6.07. The molecule has 0 spiro atoms. The molecule has 4 heteroatoms. The van der Waals surface area contributed by atoms with Crippen LogP contribution < -0.4 is 10.5 Å². The maximum Gasteiger partial charge on any atom is 0.185 e. The second-order valence-electron chi connectivity index (χ2n) is 5.77. The van der Waals surface area contributed by atoms with Crippen molar-refractivity contribution in [1.82, 2.24) is 0 Å². The van der Waals surface area contributed by atoms with E-state index in [-0.39, 0.29) is 11.5 Å². The molecule has 0 fully saturated rings. The minimum absolute atomic E-state index is 0.132. The zero-order valence-electron chi connectivity index (χ0n) is 14.3. The van der Waals surface area contributed by atoms with Gasteiger partial charge < -0.3 is 15.6 Å². The van der Waals surface area contributed by atoms with Crippen LogP contribution in [0.15, 0.2) is 36.4 Å². The summed E-state index contributed by atoms with van der Waals surface area (Å²) in [6, 6.07) is 8.60. The summed E-state index contributed by atoms with van der Waals surface area (Å²) in [5.41, 5.74) is 8.99. The molecule has 0 unspecified atom stereocenters. The van der Waals surface area contributed by atoms with Crippen LogP contribution in [0.3, 0.4) is 0 Å². The number of rotatable bonds is 6. The van der Waals surface area contributed by atoms with Crippen LogP contribution >= 0.6 is 0 Å². The number of ketones is 1. The number of anilines is 1. The van der Waals surface area contributed by atoms with Gasteiger partial charge >= 0.3 is 0 Å². The number of carbonyl (C=O) groups excluding carboxylic acids is 1. The summed E-state index contributed by atoms with van der Waals surface area (Å²) in [6.07, 6.45) is 3.92. The van der Waals surface area contributed by atoms with Crippen LogP contribution in [-0.4, -0.2) is 17.5 Å². The number of aromatic hydroxyl groups is 1. The summed E-state index contributed by atoms with van der Waals surface area (Å²) in [5, 5.41) is 10.4. The molecule has 0 aliphatic heterocycles. The summed E-state index contributed by atoms with van der Waals surface area (Å²) < 4.78 is 5.77. The number of allylic oxidation sites excluding steroid dienone is 1. The van der Waals surface area contributed by atoms with Crippen molar-refractivity contribution in [3.63, 3.8) is 0 Å². The normalized spacial score (nSPS) is 11.0. The first-order chi connectivity index (χ1) is 11.4. The van der Waals surface area contributed by atoms with Crippen molar-refractivity contribution in [3.8, 4) is 11.5 Å². The van der Waals surface area contributed by atoms with Crippen molar-refractivity contribution in [2.45, 2.75) is 27.2 Å². The molecule has 2 rings (SSSR count). The topological polar surface area (TPSA) is 72.5 Å². The largest absolute Gasteiger partial charge is 0.507 e. The van der Waals surface area contributed by atoms with Gasteiger partial charge in [0.1, 0.15) is 11.5 Å². The lowest BCUT2D eigenvalue weighted by atomic mass is 10.0. The van der Waals surface area contributed by atoms with Gasteiger partial charge in [0.2, 0.25) is 0 Å². The van der Waals surface area contributed by atoms with Gasteiger partial charge in [0, 0.05) is 11.3 Å². The maximum absolute atomic E-state index is 12.3. The first-order valence-electron chi connectivity index (χ1n) is 7.98. The number of nitrogens with two attached hydrogens (primary N) is 1. The standard InChI is InChI=1S/C20H23NO3/c1-4-11-24-20-14(3)12-13(2)19(23)17(20)9-10-18(22)15-5-7-16(21)8-6-15/h5-10,12,23H,4,11,21H2,1-3H3/b10-9+. The number of hydrogen-bond acceptors (Lipinski definition) is 4. The van der Waals surface area contributed by atoms with E-state index in [2.05, 4.69) is 0 Å². The van der Waals surface area contributed by atoms with Crippen molar-refractivity contribution >= 4 is 17.5 Å². The Morgan fingerprint density at radius 2 is 1.88 bits per heavy atom. The third kappa shape index (κ3) is 3.96. The van der Waals surface area contributed by atoms with E-state index in [9.17, 15) is 9.90 Å². The number of phenols is 1. The van der Waals surface area contributed by atoms with Crippen molar-refractivity contribution in [2.75, 3.05) is 12.3 Å². The Kier molecular flexibility index (Phi) is 5.64. The van der Waals surface area contributed by atoms with Gasteiger partial charge in [-0.1, -0.05) is 6.92 Å². The fourth-order valence-electron chi connectivity index (χ4n) is 2.44. The molecule has 4 nitrogen and oxygen atoms in total. The second kappa shape index (κ2) is 7.68. The quantitative estimate of drug-likeness (QED) is 0.472. The Hall–Kier alpha value is -2.75. The van der Waals surface area contributed by atoms with Gasteiger partial charge in [0.15, 0.2) is 5.78 Å². The first-order valence-corrected chi connectivity index (χ1v) is 7.98. The minimum atomic E-state index is -0.157. The second-order valence-corrected chi connectivity index (χ2v) is 5.77. The van der Waals surface area contributed by atoms with E-state index < -0.39 is 0 Å². The number of benzene rings is 2. The molecule has 0 amide bonds. The molecule has 2 aromatic carbocycles. The monoisotopic (exact) mass is 325 g/mol. The SMILES string of the molecule is CCCOc1c(C)cc(C)c(O)c1/C=C/C(=O)c1ccc(N)cc1. The Bertz CT molecular complexity index is 761. The molecule has 0 aliphatic rings. The van der Waals surface area contributed by atoms with Crippen LogP contribution in [0.5, 0.6) is 11.5 Å². The van der Waals surface area contributed by atoms with Crippen molar-refractivity contribution in [2.24, 2.45) is 0 Å². The third-order valence-electron chi connectivity index (χ3n) is 3.71. The molecule has 0 saturated heterocycles. The Balaban J connectivity index is 2.36. The summed E-state index contributed by atoms with van der Waals surface area (Å²) in [4.78, 5) is 12.3. The van der Waals surface area contributed by atoms with Crippen molar-refractivity contribution in [3.05, 3.63) is 58.7 Å². The van der Waals surface area contributed by atoms with Crippen LogP contribution in [0.25, 0.3) is 6.08 Å². The highest BCUT2D eigenvalue weighted by atomic mass is 16.5. The number of phenolic OH excluding ortho intramolecular Hbond substituents is 1. The third-order valence-corrected chi connectivity index (χ3v) is 3.71. The van der Waals surface area contributed by atoms with Crippen molar-refractivity contribution in [1.29, 1.82) is 0 Å². The fraction of sp³-hybridized carbons (Fsp3) is 0.250. The Morgan fingerprint density at radius 1 is 1.21 bits per heavy atom. The van der Waals surface area contributed by atoms with E-state index in [1.54, 1.807) is 30.3 Å². The van der Waals surface area contributed by atoms with Crippen molar-refractivity contribution < 1.29 is 14.6 Å². The van der Waals surface area contributed by atoms with E-state index >= 15 is 0 Å². The van der Waals surface area contributed by atoms with Gasteiger partial charge in [0.05, 0.1) is 12.2 Å². The molecule has 0 aliphatic carbocycles. The Morgan fingerprint density at radius 3 is 2.50 bits per heavy atom. The predicted octanol–water partition coefficient (Wildman–Crippen LogP) is 4.28. The lowest BCUT2D eigenvalue weighted by Crippen LogP contribution is -2.01. The molecule has 0 heterocycles. The molecule has 0 radical (unpaired) electrons. The maximum atomic E-state index is 12.3. The highest BCUT2D eigenvalue weighted by Crippen LogP contribution is 2.35. The highest BCUT2D eigenvalue weighted by Gasteiger charge is 2.13. The molecule has 0 bridgehead atoms. The zero-order valence-corrected chi connectivity index (χ0v) is 14.3. The van der Waals surface area contributed by atoms with E-state index in [1.807, 2.05) is 26.8 Å². The Labute approximate surface area is 142 Å². The first kappa shape index (κ1) is 17.6. The summed E-state index contributed by atoms with van der Waals surface area (Å²) in [7, 11) is 0. The summed E-state index contributed by atoms with van der Waals surface area (Å²) in [6.45, 7) is 6.32. The molecule has 2 aromatic rings. The lowest BCUT2D eigenvalue weighted by Gasteiger charge is -2.15. The van der Waals surface area contributed by atoms with E-state index in [1.165, 1.54) is 6.08 Å². The predicted molar refractivity (Wildman–Crippen MR) is 97.6 cm³/mol. The van der Waals surface area contributed by atoms with Gasteiger partial charge in [-0.2, -0.15) is 0 Å². The summed E-state index contributed by atoms with van der Waals surface area (Å²) >= 11 is 0. The minimum Gasteiger partial charge on any atom is -0.507 e. The summed E-state index contributed by atoms with van der Waals surface area (Å²) in [5.74, 6) is 0.587. The molecule has 0 saturated carbocycles.